The molecule has 0 fully saturated rings. The zero-order valence-corrected chi connectivity index (χ0v) is 25.4. The number of hydrogen-bond acceptors (Lipinski definition) is 4. The number of carbonyl (C=O) groups is 3. The fraction of sp³-hybridized carbons (Fsp3) is 0.710. The van der Waals surface area contributed by atoms with Gasteiger partial charge in [-0.2, -0.15) is 0 Å². The van der Waals surface area contributed by atoms with Crippen LogP contribution in [-0.2, 0) is 14.3 Å². The Kier molecular flexibility index (Phi) is 14.4. The van der Waals surface area contributed by atoms with Crippen LogP contribution in [0.2, 0.25) is 0 Å². The van der Waals surface area contributed by atoms with E-state index >= 15 is 0 Å². The third-order valence-corrected chi connectivity index (χ3v) is 6.56. The summed E-state index contributed by atoms with van der Waals surface area (Å²) in [5.74, 6) is -0.283. The lowest BCUT2D eigenvalue weighted by atomic mass is 9.94. The lowest BCUT2D eigenvalue weighted by molar-refractivity contribution is -0.143. The van der Waals surface area contributed by atoms with Crippen LogP contribution >= 0.6 is 0 Å². The van der Waals surface area contributed by atoms with Crippen molar-refractivity contribution >= 4 is 17.9 Å². The molecule has 1 aromatic carbocycles. The largest absolute Gasteiger partial charge is 0.444 e. The van der Waals surface area contributed by atoms with Crippen LogP contribution in [0.4, 0.5) is 4.79 Å². The lowest BCUT2D eigenvalue weighted by Gasteiger charge is -2.36. The predicted octanol–water partition coefficient (Wildman–Crippen LogP) is 6.61. The van der Waals surface area contributed by atoms with Gasteiger partial charge >= 0.3 is 6.09 Å². The Balaban J connectivity index is 3.51. The summed E-state index contributed by atoms with van der Waals surface area (Å²) in [5.41, 5.74) is 2.20. The molecule has 0 bridgehead atoms. The molecule has 0 aromatic heterocycles. The van der Waals surface area contributed by atoms with Gasteiger partial charge in [-0.25, -0.2) is 4.79 Å². The molecule has 1 rings (SSSR count). The number of alkyl carbamates (subject to hydrolysis) is 1. The van der Waals surface area contributed by atoms with E-state index in [0.717, 1.165) is 55.2 Å². The molecule has 0 saturated heterocycles. The van der Waals surface area contributed by atoms with Gasteiger partial charge in [0.05, 0.1) is 0 Å². The maximum absolute atomic E-state index is 14.2. The molecule has 0 aliphatic rings. The van der Waals surface area contributed by atoms with E-state index < -0.39 is 23.8 Å². The van der Waals surface area contributed by atoms with Crippen LogP contribution in [0.1, 0.15) is 116 Å². The highest BCUT2D eigenvalue weighted by Gasteiger charge is 2.37. The second-order valence-electron chi connectivity index (χ2n) is 11.8. The van der Waals surface area contributed by atoms with Crippen LogP contribution in [-0.4, -0.2) is 47.5 Å². The molecule has 0 saturated carbocycles. The standard InChI is InChI=1S/C31H53N3O4/c1-10-12-14-19-32-28(35)27(25-18-16-17-23(5)24(25)6)34(20-15-13-11-2)29(36)26(21-22(3)4)33-30(37)38-31(7,8)9/h16-18,22,26-27H,10-15,19-21H2,1-9H3,(H,32,35)(H,33,37). The van der Waals surface area contributed by atoms with Crippen molar-refractivity contribution in [3.05, 3.63) is 34.9 Å². The monoisotopic (exact) mass is 531 g/mol. The highest BCUT2D eigenvalue weighted by Crippen LogP contribution is 2.28. The summed E-state index contributed by atoms with van der Waals surface area (Å²) in [6.07, 6.45) is 5.50. The molecule has 1 aromatic rings. The number of nitrogens with zero attached hydrogens (tertiary/aromatic N) is 1. The predicted molar refractivity (Wildman–Crippen MR) is 155 cm³/mol. The summed E-state index contributed by atoms with van der Waals surface area (Å²) in [5, 5.41) is 5.92. The van der Waals surface area contributed by atoms with E-state index in [1.165, 1.54) is 0 Å². The Bertz CT molecular complexity index is 892. The molecule has 0 spiro atoms. The van der Waals surface area contributed by atoms with Crippen LogP contribution in [0.25, 0.3) is 0 Å². The van der Waals surface area contributed by atoms with Gasteiger partial charge in [0.25, 0.3) is 0 Å². The zero-order valence-electron chi connectivity index (χ0n) is 25.4. The van der Waals surface area contributed by atoms with Gasteiger partial charge in [-0.05, 0) is 76.5 Å². The molecule has 2 unspecified atom stereocenters. The molecule has 0 aliphatic carbocycles. The molecular formula is C31H53N3O4. The first kappa shape index (κ1) is 33.5. The third kappa shape index (κ3) is 11.4. The molecule has 3 amide bonds. The van der Waals surface area contributed by atoms with E-state index in [0.29, 0.717) is 19.5 Å². The van der Waals surface area contributed by atoms with Crippen molar-refractivity contribution in [3.63, 3.8) is 0 Å². The first-order valence-electron chi connectivity index (χ1n) is 14.5. The molecule has 7 nitrogen and oxygen atoms in total. The van der Waals surface area contributed by atoms with E-state index in [1.54, 1.807) is 25.7 Å². The number of carbonyl (C=O) groups excluding carboxylic acids is 3. The first-order valence-corrected chi connectivity index (χ1v) is 14.5. The van der Waals surface area contributed by atoms with Gasteiger partial charge in [-0.15, -0.1) is 0 Å². The van der Waals surface area contributed by atoms with Gasteiger partial charge in [0.2, 0.25) is 11.8 Å². The highest BCUT2D eigenvalue weighted by molar-refractivity contribution is 5.92. The third-order valence-electron chi connectivity index (χ3n) is 6.56. The lowest BCUT2D eigenvalue weighted by Crippen LogP contribution is -2.53. The van der Waals surface area contributed by atoms with Crippen LogP contribution < -0.4 is 10.6 Å². The molecule has 0 heterocycles. The molecule has 0 aliphatic heterocycles. The smallest absolute Gasteiger partial charge is 0.408 e. The fourth-order valence-corrected chi connectivity index (χ4v) is 4.45. The molecule has 38 heavy (non-hydrogen) atoms. The number of ether oxygens (including phenoxy) is 1. The maximum atomic E-state index is 14.2. The summed E-state index contributed by atoms with van der Waals surface area (Å²) in [6.45, 7) is 18.7. The Morgan fingerprint density at radius 3 is 2.18 bits per heavy atom. The van der Waals surface area contributed by atoms with Crippen molar-refractivity contribution in [1.29, 1.82) is 0 Å². The Morgan fingerprint density at radius 1 is 0.974 bits per heavy atom. The zero-order chi connectivity index (χ0) is 28.9. The second kappa shape index (κ2) is 16.4. The van der Waals surface area contributed by atoms with Crippen molar-refractivity contribution < 1.29 is 19.1 Å². The van der Waals surface area contributed by atoms with E-state index in [1.807, 2.05) is 45.9 Å². The van der Waals surface area contributed by atoms with Crippen molar-refractivity contribution in [3.8, 4) is 0 Å². The minimum Gasteiger partial charge on any atom is -0.444 e. The van der Waals surface area contributed by atoms with Crippen molar-refractivity contribution in [2.75, 3.05) is 13.1 Å². The number of benzene rings is 1. The van der Waals surface area contributed by atoms with Gasteiger partial charge in [-0.1, -0.05) is 71.6 Å². The van der Waals surface area contributed by atoms with E-state index in [9.17, 15) is 14.4 Å². The van der Waals surface area contributed by atoms with Crippen LogP contribution in [0, 0.1) is 19.8 Å². The Morgan fingerprint density at radius 2 is 1.61 bits per heavy atom. The minimum atomic E-state index is -0.799. The van der Waals surface area contributed by atoms with Gasteiger partial charge in [-0.3, -0.25) is 9.59 Å². The van der Waals surface area contributed by atoms with Gasteiger partial charge in [0.15, 0.2) is 0 Å². The number of amides is 3. The fourth-order valence-electron chi connectivity index (χ4n) is 4.45. The average Bonchev–Trinajstić information content (AvgIpc) is 2.81. The summed E-state index contributed by atoms with van der Waals surface area (Å²) in [7, 11) is 0. The number of rotatable bonds is 15. The number of nitrogens with one attached hydrogen (secondary N) is 2. The summed E-state index contributed by atoms with van der Waals surface area (Å²) in [6, 6.07) is 4.32. The SMILES string of the molecule is CCCCCNC(=O)C(c1cccc(C)c1C)N(CCCCC)C(=O)C(CC(C)C)NC(=O)OC(C)(C)C. The summed E-state index contributed by atoms with van der Waals surface area (Å²) >= 11 is 0. The highest BCUT2D eigenvalue weighted by atomic mass is 16.6. The first-order chi connectivity index (χ1) is 17.8. The molecule has 2 atom stereocenters. The van der Waals surface area contributed by atoms with E-state index in [2.05, 4.69) is 24.5 Å². The average molecular weight is 532 g/mol. The number of aryl methyl sites for hydroxylation is 1. The Labute approximate surface area is 231 Å². The normalized spacial score (nSPS) is 13.1. The van der Waals surface area contributed by atoms with Gasteiger partial charge in [0.1, 0.15) is 17.7 Å². The second-order valence-corrected chi connectivity index (χ2v) is 11.8. The molecule has 216 valence electrons. The summed E-state index contributed by atoms with van der Waals surface area (Å²) < 4.78 is 5.48. The van der Waals surface area contributed by atoms with Gasteiger partial charge in [0, 0.05) is 13.1 Å². The maximum Gasteiger partial charge on any atom is 0.408 e. The quantitative estimate of drug-likeness (QED) is 0.249. The Hall–Kier alpha value is -2.57. The van der Waals surface area contributed by atoms with Crippen LogP contribution in [0.15, 0.2) is 18.2 Å². The van der Waals surface area contributed by atoms with E-state index in [4.69, 9.17) is 4.74 Å². The van der Waals surface area contributed by atoms with Crippen molar-refractivity contribution in [1.82, 2.24) is 15.5 Å². The minimum absolute atomic E-state index is 0.151. The number of hydrogen-bond donors (Lipinski definition) is 2. The molecular weight excluding hydrogens is 478 g/mol. The molecule has 7 heteroatoms. The molecule has 2 N–H and O–H groups in total. The van der Waals surface area contributed by atoms with Gasteiger partial charge < -0.3 is 20.3 Å². The summed E-state index contributed by atoms with van der Waals surface area (Å²) in [4.78, 5) is 42.4. The van der Waals surface area contributed by atoms with Crippen LogP contribution in [0.3, 0.4) is 0 Å². The van der Waals surface area contributed by atoms with Crippen molar-refractivity contribution in [2.45, 2.75) is 125 Å². The van der Waals surface area contributed by atoms with Crippen LogP contribution in [0.5, 0.6) is 0 Å². The van der Waals surface area contributed by atoms with E-state index in [-0.39, 0.29) is 17.7 Å². The topological polar surface area (TPSA) is 87.7 Å². The number of unbranched alkanes of at least 4 members (excludes halogenated alkanes) is 4. The molecule has 0 radical (unpaired) electrons. The van der Waals surface area contributed by atoms with Crippen molar-refractivity contribution in [2.24, 2.45) is 5.92 Å².